The van der Waals surface area contributed by atoms with Gasteiger partial charge in [0, 0.05) is 16.5 Å². The van der Waals surface area contributed by atoms with E-state index in [1.807, 2.05) is 18.2 Å². The van der Waals surface area contributed by atoms with Crippen LogP contribution in [0.2, 0.25) is 0 Å². The Morgan fingerprint density at radius 3 is 2.40 bits per heavy atom. The molecular weight excluding hydrogens is 390 g/mol. The number of nitrogens with one attached hydrogen (secondary N) is 2. The monoisotopic (exact) mass is 409 g/mol. The summed E-state index contributed by atoms with van der Waals surface area (Å²) in [7, 11) is 0. The van der Waals surface area contributed by atoms with Crippen molar-refractivity contribution in [1.29, 1.82) is 0 Å². The predicted molar refractivity (Wildman–Crippen MR) is 108 cm³/mol. The number of pyridine rings is 1. The Hall–Kier alpha value is -4.14. The molecule has 0 aliphatic carbocycles. The highest BCUT2D eigenvalue weighted by atomic mass is 16.5. The number of nitrogens with zero attached hydrogens (tertiary/aromatic N) is 1. The molecule has 2 amide bonds. The first-order valence-electron chi connectivity index (χ1n) is 8.98. The molecule has 3 rings (SSSR count). The van der Waals surface area contributed by atoms with Crippen molar-refractivity contribution in [2.75, 3.05) is 13.1 Å². The van der Waals surface area contributed by atoms with E-state index in [4.69, 9.17) is 9.84 Å². The molecule has 30 heavy (non-hydrogen) atoms. The third-order valence-corrected chi connectivity index (χ3v) is 4.18. The van der Waals surface area contributed by atoms with E-state index in [2.05, 4.69) is 15.6 Å². The first-order valence-corrected chi connectivity index (χ1v) is 8.98. The Morgan fingerprint density at radius 1 is 0.967 bits per heavy atom. The Morgan fingerprint density at radius 2 is 1.70 bits per heavy atom. The second kappa shape index (κ2) is 8.91. The van der Waals surface area contributed by atoms with E-state index in [0.717, 1.165) is 0 Å². The molecule has 0 aliphatic heterocycles. The van der Waals surface area contributed by atoms with E-state index in [0.29, 0.717) is 28.0 Å². The summed E-state index contributed by atoms with van der Waals surface area (Å²) in [5, 5.41) is 24.6. The number of hydrogen-bond donors (Lipinski definition) is 4. The average molecular weight is 409 g/mol. The third kappa shape index (κ3) is 4.82. The van der Waals surface area contributed by atoms with E-state index in [1.54, 1.807) is 37.3 Å². The topological polar surface area (TPSA) is 138 Å². The highest BCUT2D eigenvalue weighted by molar-refractivity contribution is 6.03. The summed E-state index contributed by atoms with van der Waals surface area (Å²) in [6, 6.07) is 14.2. The molecule has 0 unspecified atom stereocenters. The zero-order valence-corrected chi connectivity index (χ0v) is 16.0. The van der Waals surface area contributed by atoms with Gasteiger partial charge in [-0.25, -0.2) is 4.98 Å². The number of amides is 2. The molecule has 0 saturated carbocycles. The van der Waals surface area contributed by atoms with Crippen LogP contribution in [-0.4, -0.2) is 46.1 Å². The van der Waals surface area contributed by atoms with E-state index in [1.165, 1.54) is 0 Å². The van der Waals surface area contributed by atoms with Crippen molar-refractivity contribution in [2.45, 2.75) is 6.92 Å². The van der Waals surface area contributed by atoms with Gasteiger partial charge in [0.2, 0.25) is 5.91 Å². The summed E-state index contributed by atoms with van der Waals surface area (Å²) in [4.78, 5) is 38.6. The standard InChI is InChI=1S/C21H19N3O6/c1-12-15-8-7-14(30-13-5-3-2-4-6-13)9-16(15)20(28)19(24-12)21(29)23-10-17(25)22-11-18(26)27/h2-9,28H,10-11H2,1H3,(H,22,25)(H,23,29)(H,26,27). The second-order valence-electron chi connectivity index (χ2n) is 6.37. The van der Waals surface area contributed by atoms with Gasteiger partial charge in [-0.3, -0.25) is 14.4 Å². The Kier molecular flexibility index (Phi) is 6.11. The van der Waals surface area contributed by atoms with E-state index < -0.39 is 30.9 Å². The molecule has 0 spiro atoms. The molecule has 1 heterocycles. The van der Waals surface area contributed by atoms with Crippen molar-refractivity contribution in [3.05, 3.63) is 59.9 Å². The van der Waals surface area contributed by atoms with Crippen LogP contribution in [0.5, 0.6) is 17.2 Å². The maximum atomic E-state index is 12.4. The molecule has 1 aromatic heterocycles. The number of fused-ring (bicyclic) bond motifs is 1. The van der Waals surface area contributed by atoms with Crippen molar-refractivity contribution in [2.24, 2.45) is 0 Å². The minimum absolute atomic E-state index is 0.247. The first-order chi connectivity index (χ1) is 14.3. The number of rotatable bonds is 7. The normalized spacial score (nSPS) is 10.4. The number of ether oxygens (including phenoxy) is 1. The van der Waals surface area contributed by atoms with Gasteiger partial charge < -0.3 is 25.6 Å². The second-order valence-corrected chi connectivity index (χ2v) is 6.37. The van der Waals surface area contributed by atoms with Crippen LogP contribution >= 0.6 is 0 Å². The van der Waals surface area contributed by atoms with Gasteiger partial charge in [0.05, 0.1) is 6.54 Å². The molecule has 3 aromatic rings. The number of aromatic hydroxyl groups is 1. The number of carboxylic acids is 1. The number of carbonyl (C=O) groups is 3. The maximum Gasteiger partial charge on any atom is 0.322 e. The summed E-state index contributed by atoms with van der Waals surface area (Å²) in [5.41, 5.74) is 0.262. The molecule has 0 fully saturated rings. The van der Waals surface area contributed by atoms with Crippen LogP contribution in [0.15, 0.2) is 48.5 Å². The van der Waals surface area contributed by atoms with Crippen LogP contribution in [-0.2, 0) is 9.59 Å². The zero-order chi connectivity index (χ0) is 21.7. The SMILES string of the molecule is Cc1nc(C(=O)NCC(=O)NCC(=O)O)c(O)c2cc(Oc3ccccc3)ccc12. The number of carboxylic acid groups (broad SMARTS) is 1. The van der Waals surface area contributed by atoms with Crippen LogP contribution < -0.4 is 15.4 Å². The quantitative estimate of drug-likeness (QED) is 0.468. The molecule has 0 atom stereocenters. The molecule has 0 radical (unpaired) electrons. The predicted octanol–water partition coefficient (Wildman–Crippen LogP) is 1.97. The highest BCUT2D eigenvalue weighted by Crippen LogP contribution is 2.33. The molecule has 0 aliphatic rings. The van der Waals surface area contributed by atoms with Crippen molar-refractivity contribution in [3.8, 4) is 17.2 Å². The lowest BCUT2D eigenvalue weighted by molar-refractivity contribution is -0.137. The van der Waals surface area contributed by atoms with Crippen LogP contribution in [0.1, 0.15) is 16.2 Å². The molecule has 9 nitrogen and oxygen atoms in total. The fourth-order valence-electron chi connectivity index (χ4n) is 2.77. The summed E-state index contributed by atoms with van der Waals surface area (Å²) in [5.74, 6) is -1.91. The van der Waals surface area contributed by atoms with Gasteiger partial charge in [-0.1, -0.05) is 18.2 Å². The number of aromatic nitrogens is 1. The van der Waals surface area contributed by atoms with Gasteiger partial charge in [0.15, 0.2) is 11.4 Å². The smallest absolute Gasteiger partial charge is 0.322 e. The lowest BCUT2D eigenvalue weighted by Gasteiger charge is -2.12. The largest absolute Gasteiger partial charge is 0.505 e. The van der Waals surface area contributed by atoms with Gasteiger partial charge in [-0.15, -0.1) is 0 Å². The molecule has 0 bridgehead atoms. The molecule has 9 heteroatoms. The third-order valence-electron chi connectivity index (χ3n) is 4.18. The molecule has 4 N–H and O–H groups in total. The van der Waals surface area contributed by atoms with Gasteiger partial charge in [0.25, 0.3) is 5.91 Å². The minimum Gasteiger partial charge on any atom is -0.505 e. The average Bonchev–Trinajstić information content (AvgIpc) is 2.73. The van der Waals surface area contributed by atoms with E-state index >= 15 is 0 Å². The van der Waals surface area contributed by atoms with Gasteiger partial charge >= 0.3 is 5.97 Å². The Labute approximate surface area is 171 Å². The van der Waals surface area contributed by atoms with Crippen molar-refractivity contribution in [1.82, 2.24) is 15.6 Å². The maximum absolute atomic E-state index is 12.4. The zero-order valence-electron chi connectivity index (χ0n) is 16.0. The van der Waals surface area contributed by atoms with Crippen LogP contribution in [0.4, 0.5) is 0 Å². The summed E-state index contributed by atoms with van der Waals surface area (Å²) < 4.78 is 5.77. The first kappa shape index (κ1) is 20.6. The van der Waals surface area contributed by atoms with E-state index in [9.17, 15) is 19.5 Å². The van der Waals surface area contributed by atoms with Crippen molar-refractivity contribution >= 4 is 28.6 Å². The number of aryl methyl sites for hydroxylation is 1. The number of carbonyl (C=O) groups excluding carboxylic acids is 2. The van der Waals surface area contributed by atoms with Crippen molar-refractivity contribution < 1.29 is 29.3 Å². The summed E-state index contributed by atoms with van der Waals surface area (Å²) in [6.07, 6.45) is 0. The lowest BCUT2D eigenvalue weighted by Crippen LogP contribution is -2.39. The van der Waals surface area contributed by atoms with Crippen LogP contribution in [0.3, 0.4) is 0 Å². The van der Waals surface area contributed by atoms with Crippen LogP contribution in [0.25, 0.3) is 10.8 Å². The Balaban J connectivity index is 1.83. The fourth-order valence-corrected chi connectivity index (χ4v) is 2.77. The minimum atomic E-state index is -1.20. The number of benzene rings is 2. The molecule has 154 valence electrons. The van der Waals surface area contributed by atoms with Crippen LogP contribution in [0, 0.1) is 6.92 Å². The number of para-hydroxylation sites is 1. The molecular formula is C21H19N3O6. The molecule has 2 aromatic carbocycles. The fraction of sp³-hybridized carbons (Fsp3) is 0.143. The van der Waals surface area contributed by atoms with Gasteiger partial charge in [0.1, 0.15) is 18.0 Å². The summed E-state index contributed by atoms with van der Waals surface area (Å²) >= 11 is 0. The molecule has 0 saturated heterocycles. The van der Waals surface area contributed by atoms with Gasteiger partial charge in [-0.2, -0.15) is 0 Å². The van der Waals surface area contributed by atoms with Gasteiger partial charge in [-0.05, 0) is 37.3 Å². The highest BCUT2D eigenvalue weighted by Gasteiger charge is 2.19. The Bertz CT molecular complexity index is 1110. The van der Waals surface area contributed by atoms with E-state index in [-0.39, 0.29) is 11.4 Å². The summed E-state index contributed by atoms with van der Waals surface area (Å²) in [6.45, 7) is 0.675. The number of hydrogen-bond acceptors (Lipinski definition) is 6. The van der Waals surface area contributed by atoms with Crippen molar-refractivity contribution in [3.63, 3.8) is 0 Å². The lowest BCUT2D eigenvalue weighted by atomic mass is 10.1. The number of aliphatic carboxylic acids is 1.